The second-order valence-corrected chi connectivity index (χ2v) is 4.19. The number of alkyl halides is 3. The highest BCUT2D eigenvalue weighted by molar-refractivity contribution is 6.06. The summed E-state index contributed by atoms with van der Waals surface area (Å²) in [6.45, 7) is 1.77. The molecular weight excluding hydrogens is 277 g/mol. The van der Waals surface area contributed by atoms with E-state index >= 15 is 0 Å². The smallest absolute Gasteiger partial charge is 0.416 e. The molecule has 7 heteroatoms. The third-order valence-corrected chi connectivity index (χ3v) is 2.79. The van der Waals surface area contributed by atoms with Crippen LogP contribution in [0.3, 0.4) is 0 Å². The van der Waals surface area contributed by atoms with Gasteiger partial charge in [-0.15, -0.1) is 0 Å². The Balaban J connectivity index is 2.18. The zero-order chi connectivity index (χ0) is 14.9. The molecule has 20 heavy (non-hydrogen) atoms. The SMILES string of the molecule is CCOC(=O)C[C@H]1Oc2cc(C(F)(F)F)ccc2C1=O. The summed E-state index contributed by atoms with van der Waals surface area (Å²) < 4.78 is 47.4. The summed E-state index contributed by atoms with van der Waals surface area (Å²) in [7, 11) is 0. The molecule has 0 aromatic heterocycles. The molecule has 1 aliphatic rings. The molecule has 108 valence electrons. The van der Waals surface area contributed by atoms with Crippen LogP contribution in [0.2, 0.25) is 0 Å². The van der Waals surface area contributed by atoms with Crippen LogP contribution in [0.4, 0.5) is 13.2 Å². The van der Waals surface area contributed by atoms with Crippen LogP contribution in [-0.2, 0) is 15.7 Å². The van der Waals surface area contributed by atoms with Gasteiger partial charge < -0.3 is 9.47 Å². The van der Waals surface area contributed by atoms with E-state index in [0.29, 0.717) is 0 Å². The molecule has 4 nitrogen and oxygen atoms in total. The number of hydrogen-bond donors (Lipinski definition) is 0. The van der Waals surface area contributed by atoms with Gasteiger partial charge in [0.15, 0.2) is 6.10 Å². The average Bonchev–Trinajstić information content (AvgIpc) is 2.65. The fourth-order valence-corrected chi connectivity index (χ4v) is 1.89. The molecule has 0 N–H and O–H groups in total. The van der Waals surface area contributed by atoms with E-state index in [-0.39, 0.29) is 24.3 Å². The van der Waals surface area contributed by atoms with Crippen molar-refractivity contribution in [2.75, 3.05) is 6.61 Å². The lowest BCUT2D eigenvalue weighted by Gasteiger charge is -2.09. The summed E-state index contributed by atoms with van der Waals surface area (Å²) in [6.07, 6.45) is -5.95. The monoisotopic (exact) mass is 288 g/mol. The van der Waals surface area contributed by atoms with Crippen LogP contribution >= 0.6 is 0 Å². The van der Waals surface area contributed by atoms with E-state index in [1.807, 2.05) is 0 Å². The van der Waals surface area contributed by atoms with Crippen LogP contribution in [0.25, 0.3) is 0 Å². The van der Waals surface area contributed by atoms with Crippen molar-refractivity contribution in [1.82, 2.24) is 0 Å². The summed E-state index contributed by atoms with van der Waals surface area (Å²) in [6, 6.07) is 2.64. The van der Waals surface area contributed by atoms with Crippen LogP contribution in [0.5, 0.6) is 5.75 Å². The fraction of sp³-hybridized carbons (Fsp3) is 0.385. The molecule has 1 atom stereocenters. The first-order valence-corrected chi connectivity index (χ1v) is 5.90. The van der Waals surface area contributed by atoms with Gasteiger partial charge in [-0.3, -0.25) is 9.59 Å². The molecule has 0 fully saturated rings. The van der Waals surface area contributed by atoms with Crippen LogP contribution in [0.15, 0.2) is 18.2 Å². The van der Waals surface area contributed by atoms with E-state index in [0.717, 1.165) is 18.2 Å². The second-order valence-electron chi connectivity index (χ2n) is 4.19. The summed E-state index contributed by atoms with van der Waals surface area (Å²) in [5, 5.41) is 0. The lowest BCUT2D eigenvalue weighted by molar-refractivity contribution is -0.144. The molecule has 1 heterocycles. The normalized spacial score (nSPS) is 17.6. The quantitative estimate of drug-likeness (QED) is 0.802. The highest BCUT2D eigenvalue weighted by Gasteiger charge is 2.38. The van der Waals surface area contributed by atoms with E-state index in [2.05, 4.69) is 4.74 Å². The number of halogens is 3. The summed E-state index contributed by atoms with van der Waals surface area (Å²) >= 11 is 0. The van der Waals surface area contributed by atoms with E-state index in [1.165, 1.54) is 0 Å². The van der Waals surface area contributed by atoms with Gasteiger partial charge in [0.05, 0.1) is 24.2 Å². The molecular formula is C13H11F3O4. The van der Waals surface area contributed by atoms with Crippen molar-refractivity contribution in [3.63, 3.8) is 0 Å². The molecule has 0 bridgehead atoms. The van der Waals surface area contributed by atoms with Gasteiger partial charge in [-0.2, -0.15) is 13.2 Å². The number of esters is 1. The van der Waals surface area contributed by atoms with Crippen LogP contribution in [0, 0.1) is 0 Å². The first-order chi connectivity index (χ1) is 9.32. The molecule has 0 aliphatic carbocycles. The number of carbonyl (C=O) groups excluding carboxylic acids is 2. The predicted octanol–water partition coefficient (Wildman–Crippen LogP) is 2.60. The lowest BCUT2D eigenvalue weighted by atomic mass is 10.0. The van der Waals surface area contributed by atoms with Crippen molar-refractivity contribution in [2.45, 2.75) is 25.6 Å². The van der Waals surface area contributed by atoms with Gasteiger partial charge in [-0.25, -0.2) is 0 Å². The molecule has 0 saturated heterocycles. The summed E-state index contributed by atoms with van der Waals surface area (Å²) in [5.41, 5.74) is -0.854. The standard InChI is InChI=1S/C13H11F3O4/c1-2-19-11(17)6-10-12(18)8-4-3-7(13(14,15)16)5-9(8)20-10/h3-5,10H,2,6H2,1H3/t10-/m1/s1. The third-order valence-electron chi connectivity index (χ3n) is 2.79. The number of fused-ring (bicyclic) bond motifs is 1. The molecule has 0 unspecified atom stereocenters. The van der Waals surface area contributed by atoms with E-state index in [9.17, 15) is 22.8 Å². The molecule has 1 aliphatic heterocycles. The van der Waals surface area contributed by atoms with Gasteiger partial charge in [0.2, 0.25) is 5.78 Å². The molecule has 0 spiro atoms. The fourth-order valence-electron chi connectivity index (χ4n) is 1.89. The van der Waals surface area contributed by atoms with Crippen molar-refractivity contribution < 1.29 is 32.2 Å². The van der Waals surface area contributed by atoms with Crippen molar-refractivity contribution in [1.29, 1.82) is 0 Å². The van der Waals surface area contributed by atoms with E-state index in [1.54, 1.807) is 6.92 Å². The van der Waals surface area contributed by atoms with Gasteiger partial charge >= 0.3 is 12.1 Å². The highest BCUT2D eigenvalue weighted by atomic mass is 19.4. The maximum Gasteiger partial charge on any atom is 0.416 e. The number of ether oxygens (including phenoxy) is 2. The van der Waals surface area contributed by atoms with E-state index < -0.39 is 29.6 Å². The summed E-state index contributed by atoms with van der Waals surface area (Å²) in [4.78, 5) is 23.2. The van der Waals surface area contributed by atoms with Gasteiger partial charge in [-0.05, 0) is 25.1 Å². The largest absolute Gasteiger partial charge is 0.481 e. The average molecular weight is 288 g/mol. The van der Waals surface area contributed by atoms with E-state index in [4.69, 9.17) is 4.74 Å². The first-order valence-electron chi connectivity index (χ1n) is 5.90. The van der Waals surface area contributed by atoms with Gasteiger partial charge in [0.1, 0.15) is 5.75 Å². The highest BCUT2D eigenvalue weighted by Crippen LogP contribution is 2.37. The molecule has 1 aromatic rings. The van der Waals surface area contributed by atoms with Crippen molar-refractivity contribution in [2.24, 2.45) is 0 Å². The van der Waals surface area contributed by atoms with Gasteiger partial charge in [0, 0.05) is 0 Å². The number of Topliss-reactive ketones (excluding diaryl/α,β-unsaturated/α-hetero) is 1. The van der Waals surface area contributed by atoms with Crippen LogP contribution in [-0.4, -0.2) is 24.5 Å². The van der Waals surface area contributed by atoms with Gasteiger partial charge in [0.25, 0.3) is 0 Å². The first kappa shape index (κ1) is 14.4. The van der Waals surface area contributed by atoms with Crippen LogP contribution < -0.4 is 4.74 Å². The molecule has 0 saturated carbocycles. The Labute approximate surface area is 112 Å². The maximum absolute atomic E-state index is 12.5. The Bertz CT molecular complexity index is 551. The van der Waals surface area contributed by atoms with Gasteiger partial charge in [-0.1, -0.05) is 0 Å². The second kappa shape index (κ2) is 5.15. The molecule has 0 amide bonds. The topological polar surface area (TPSA) is 52.6 Å². The minimum atomic E-state index is -4.51. The Morgan fingerprint density at radius 2 is 2.10 bits per heavy atom. The predicted molar refractivity (Wildman–Crippen MR) is 61.4 cm³/mol. The Morgan fingerprint density at radius 3 is 2.70 bits per heavy atom. The number of carbonyl (C=O) groups is 2. The van der Waals surface area contributed by atoms with Crippen LogP contribution in [0.1, 0.15) is 29.3 Å². The third kappa shape index (κ3) is 2.76. The maximum atomic E-state index is 12.5. The minimum Gasteiger partial charge on any atom is -0.481 e. The Morgan fingerprint density at radius 1 is 1.40 bits per heavy atom. The number of benzene rings is 1. The molecule has 0 radical (unpaired) electrons. The van der Waals surface area contributed by atoms with Crippen molar-refractivity contribution >= 4 is 11.8 Å². The number of rotatable bonds is 3. The number of ketones is 1. The molecule has 1 aromatic carbocycles. The van der Waals surface area contributed by atoms with Crippen molar-refractivity contribution in [3.05, 3.63) is 29.3 Å². The molecule has 2 rings (SSSR count). The lowest BCUT2D eigenvalue weighted by Crippen LogP contribution is -2.25. The Kier molecular flexibility index (Phi) is 3.69. The Hall–Kier alpha value is -2.05. The zero-order valence-electron chi connectivity index (χ0n) is 10.5. The summed E-state index contributed by atoms with van der Waals surface area (Å²) in [5.74, 6) is -1.30. The zero-order valence-corrected chi connectivity index (χ0v) is 10.5. The van der Waals surface area contributed by atoms with Crippen molar-refractivity contribution in [3.8, 4) is 5.75 Å². The minimum absolute atomic E-state index is 0.0484. The number of hydrogen-bond acceptors (Lipinski definition) is 4.